The van der Waals surface area contributed by atoms with Crippen LogP contribution in [0.4, 0.5) is 0 Å². The van der Waals surface area contributed by atoms with Crippen molar-refractivity contribution < 1.29 is 5.11 Å². The lowest BCUT2D eigenvalue weighted by Crippen LogP contribution is -2.37. The molecule has 0 amide bonds. The molecule has 0 atom stereocenters. The van der Waals surface area contributed by atoms with Gasteiger partial charge in [0, 0.05) is 28.9 Å². The van der Waals surface area contributed by atoms with Crippen LogP contribution in [0.3, 0.4) is 0 Å². The van der Waals surface area contributed by atoms with Gasteiger partial charge in [0.2, 0.25) is 0 Å². The fourth-order valence-electron chi connectivity index (χ4n) is 1.73. The summed E-state index contributed by atoms with van der Waals surface area (Å²) in [5.41, 5.74) is 5.72. The third kappa shape index (κ3) is 5.65. The number of thiophene rings is 1. The average molecular weight is 266 g/mol. The van der Waals surface area contributed by atoms with Crippen molar-refractivity contribution in [3.63, 3.8) is 0 Å². The molecule has 0 aliphatic rings. The molecule has 0 unspecified atom stereocenters. The van der Waals surface area contributed by atoms with E-state index in [1.54, 1.807) is 11.3 Å². The Kier molecular flexibility index (Phi) is 5.83. The molecule has 0 saturated heterocycles. The van der Waals surface area contributed by atoms with Crippen LogP contribution in [0.1, 0.15) is 31.2 Å². The van der Waals surface area contributed by atoms with E-state index >= 15 is 0 Å². The molecule has 0 spiro atoms. The standard InChI is InChI=1S/C14H22N2OS/c1-4-16(11-14(2,3)17)9-13-8-12(10-18-13)6-5-7-15/h8,10,17H,4,7,9,11,15H2,1-3H3. The summed E-state index contributed by atoms with van der Waals surface area (Å²) < 4.78 is 0. The van der Waals surface area contributed by atoms with Crippen LogP contribution in [0.15, 0.2) is 11.4 Å². The van der Waals surface area contributed by atoms with Crippen molar-refractivity contribution in [2.45, 2.75) is 32.9 Å². The SMILES string of the molecule is CCN(Cc1cc(C#CCN)cs1)CC(C)(C)O. The molecular formula is C14H22N2OS. The van der Waals surface area contributed by atoms with E-state index < -0.39 is 5.60 Å². The molecule has 3 N–H and O–H groups in total. The van der Waals surface area contributed by atoms with E-state index in [4.69, 9.17) is 5.73 Å². The first-order chi connectivity index (χ1) is 8.44. The van der Waals surface area contributed by atoms with Gasteiger partial charge in [0.15, 0.2) is 0 Å². The molecule has 0 radical (unpaired) electrons. The predicted octanol–water partition coefficient (Wildman–Crippen LogP) is 1.65. The van der Waals surface area contributed by atoms with Gasteiger partial charge in [-0.3, -0.25) is 4.90 Å². The van der Waals surface area contributed by atoms with Crippen molar-refractivity contribution in [2.24, 2.45) is 5.73 Å². The first kappa shape index (κ1) is 15.2. The summed E-state index contributed by atoms with van der Waals surface area (Å²) in [7, 11) is 0. The van der Waals surface area contributed by atoms with Crippen LogP contribution >= 0.6 is 11.3 Å². The molecule has 1 aromatic rings. The second kappa shape index (κ2) is 6.91. The monoisotopic (exact) mass is 266 g/mol. The van der Waals surface area contributed by atoms with Crippen LogP contribution < -0.4 is 5.73 Å². The van der Waals surface area contributed by atoms with Crippen molar-refractivity contribution in [3.8, 4) is 11.8 Å². The second-order valence-electron chi connectivity index (χ2n) is 4.92. The van der Waals surface area contributed by atoms with Crippen molar-refractivity contribution in [3.05, 3.63) is 21.9 Å². The van der Waals surface area contributed by atoms with Gasteiger partial charge in [0.1, 0.15) is 0 Å². The minimum absolute atomic E-state index is 0.394. The van der Waals surface area contributed by atoms with Gasteiger partial charge in [0.25, 0.3) is 0 Å². The minimum atomic E-state index is -0.657. The molecular weight excluding hydrogens is 244 g/mol. The number of likely N-dealkylation sites (N-methyl/N-ethyl adjacent to an activating group) is 1. The topological polar surface area (TPSA) is 49.5 Å². The van der Waals surface area contributed by atoms with Crippen molar-refractivity contribution in [1.82, 2.24) is 4.90 Å². The van der Waals surface area contributed by atoms with Gasteiger partial charge in [-0.15, -0.1) is 11.3 Å². The Labute approximate surface area is 114 Å². The molecule has 0 aliphatic heterocycles. The summed E-state index contributed by atoms with van der Waals surface area (Å²) in [4.78, 5) is 3.49. The third-order valence-electron chi connectivity index (χ3n) is 2.43. The summed E-state index contributed by atoms with van der Waals surface area (Å²) >= 11 is 1.70. The smallest absolute Gasteiger partial charge is 0.0718 e. The van der Waals surface area contributed by atoms with Gasteiger partial charge in [-0.25, -0.2) is 0 Å². The molecule has 4 heteroatoms. The highest BCUT2D eigenvalue weighted by molar-refractivity contribution is 7.10. The Morgan fingerprint density at radius 1 is 1.50 bits per heavy atom. The van der Waals surface area contributed by atoms with E-state index in [2.05, 4.69) is 35.1 Å². The maximum absolute atomic E-state index is 9.84. The second-order valence-corrected chi connectivity index (χ2v) is 5.92. The fourth-order valence-corrected chi connectivity index (χ4v) is 2.59. The van der Waals surface area contributed by atoms with Crippen LogP contribution in [0.2, 0.25) is 0 Å². The zero-order valence-corrected chi connectivity index (χ0v) is 12.2. The number of hydrogen-bond acceptors (Lipinski definition) is 4. The molecule has 1 heterocycles. The summed E-state index contributed by atoms with van der Waals surface area (Å²) in [6.45, 7) is 8.62. The Morgan fingerprint density at radius 2 is 2.22 bits per heavy atom. The lowest BCUT2D eigenvalue weighted by atomic mass is 10.1. The zero-order valence-electron chi connectivity index (χ0n) is 11.4. The molecule has 0 saturated carbocycles. The van der Waals surface area contributed by atoms with E-state index in [9.17, 15) is 5.11 Å². The molecule has 100 valence electrons. The van der Waals surface area contributed by atoms with Crippen molar-refractivity contribution in [2.75, 3.05) is 19.6 Å². The molecule has 1 rings (SSSR count). The molecule has 0 aliphatic carbocycles. The zero-order chi connectivity index (χ0) is 13.6. The van der Waals surface area contributed by atoms with E-state index in [0.717, 1.165) is 18.7 Å². The minimum Gasteiger partial charge on any atom is -0.389 e. The molecule has 0 bridgehead atoms. The van der Waals surface area contributed by atoms with Gasteiger partial charge >= 0.3 is 0 Å². The highest BCUT2D eigenvalue weighted by atomic mass is 32.1. The van der Waals surface area contributed by atoms with Crippen LogP contribution in [0.5, 0.6) is 0 Å². The average Bonchev–Trinajstić information content (AvgIpc) is 2.71. The van der Waals surface area contributed by atoms with Gasteiger partial charge in [-0.2, -0.15) is 0 Å². The summed E-state index contributed by atoms with van der Waals surface area (Å²) in [6, 6.07) is 2.10. The van der Waals surface area contributed by atoms with Crippen LogP contribution in [-0.2, 0) is 6.54 Å². The van der Waals surface area contributed by atoms with Gasteiger partial charge in [-0.05, 0) is 26.5 Å². The highest BCUT2D eigenvalue weighted by Gasteiger charge is 2.17. The summed E-state index contributed by atoms with van der Waals surface area (Å²) in [6.07, 6.45) is 0. The Bertz CT molecular complexity index is 423. The quantitative estimate of drug-likeness (QED) is 0.797. The van der Waals surface area contributed by atoms with Gasteiger partial charge < -0.3 is 10.8 Å². The predicted molar refractivity (Wildman–Crippen MR) is 77.5 cm³/mol. The van der Waals surface area contributed by atoms with Gasteiger partial charge in [-0.1, -0.05) is 18.8 Å². The molecule has 0 aromatic carbocycles. The van der Waals surface area contributed by atoms with Crippen LogP contribution in [0.25, 0.3) is 0 Å². The van der Waals surface area contributed by atoms with E-state index in [1.165, 1.54) is 4.88 Å². The molecule has 0 fully saturated rings. The van der Waals surface area contributed by atoms with E-state index in [-0.39, 0.29) is 0 Å². The fraction of sp³-hybridized carbons (Fsp3) is 0.571. The number of nitrogens with two attached hydrogens (primary N) is 1. The van der Waals surface area contributed by atoms with Crippen LogP contribution in [0, 0.1) is 11.8 Å². The maximum atomic E-state index is 9.84. The Balaban J connectivity index is 2.62. The maximum Gasteiger partial charge on any atom is 0.0718 e. The first-order valence-electron chi connectivity index (χ1n) is 6.15. The van der Waals surface area contributed by atoms with Crippen molar-refractivity contribution >= 4 is 11.3 Å². The van der Waals surface area contributed by atoms with E-state index in [0.29, 0.717) is 13.1 Å². The summed E-state index contributed by atoms with van der Waals surface area (Å²) in [5, 5.41) is 11.9. The lowest BCUT2D eigenvalue weighted by molar-refractivity contribution is 0.0356. The lowest BCUT2D eigenvalue weighted by Gasteiger charge is -2.27. The Hall–Kier alpha value is -0.860. The Morgan fingerprint density at radius 3 is 2.78 bits per heavy atom. The highest BCUT2D eigenvalue weighted by Crippen LogP contribution is 2.17. The van der Waals surface area contributed by atoms with Crippen LogP contribution in [-0.4, -0.2) is 35.2 Å². The number of nitrogens with zero attached hydrogens (tertiary/aromatic N) is 1. The largest absolute Gasteiger partial charge is 0.389 e. The van der Waals surface area contributed by atoms with E-state index in [1.807, 2.05) is 13.8 Å². The first-order valence-corrected chi connectivity index (χ1v) is 7.03. The van der Waals surface area contributed by atoms with Crippen molar-refractivity contribution in [1.29, 1.82) is 0 Å². The number of aliphatic hydroxyl groups is 1. The number of rotatable bonds is 5. The number of hydrogen-bond donors (Lipinski definition) is 2. The van der Waals surface area contributed by atoms with Gasteiger partial charge in [0.05, 0.1) is 12.1 Å². The molecule has 3 nitrogen and oxygen atoms in total. The third-order valence-corrected chi connectivity index (χ3v) is 3.35. The molecule has 18 heavy (non-hydrogen) atoms. The molecule has 1 aromatic heterocycles. The normalized spacial score (nSPS) is 11.4. The summed E-state index contributed by atoms with van der Waals surface area (Å²) in [5.74, 6) is 5.89.